The van der Waals surface area contributed by atoms with Crippen LogP contribution in [0.4, 0.5) is 0 Å². The fourth-order valence-corrected chi connectivity index (χ4v) is 2.62. The van der Waals surface area contributed by atoms with Gasteiger partial charge in [-0.1, -0.05) is 15.9 Å². The van der Waals surface area contributed by atoms with Gasteiger partial charge in [0.25, 0.3) is 0 Å². The van der Waals surface area contributed by atoms with Crippen molar-refractivity contribution in [2.24, 2.45) is 0 Å². The Kier molecular flexibility index (Phi) is 7.41. The first-order valence-corrected chi connectivity index (χ1v) is 8.54. The Morgan fingerprint density at radius 3 is 1.54 bits per heavy atom. The molecular weight excluding hydrogens is 400 g/mol. The van der Waals surface area contributed by atoms with E-state index in [0.717, 1.165) is 38.8 Å². The van der Waals surface area contributed by atoms with E-state index in [2.05, 4.69) is 15.9 Å². The minimum atomic E-state index is 0.751. The average Bonchev–Trinajstić information content (AvgIpc) is 3.22. The van der Waals surface area contributed by atoms with E-state index >= 15 is 0 Å². The molecule has 0 atom stereocenters. The smallest absolute Gasteiger partial charge is 0.134 e. The minimum absolute atomic E-state index is 0.751. The third kappa shape index (κ3) is 5.46. The van der Waals surface area contributed by atoms with Gasteiger partial charge < -0.3 is 23.4 Å². The Morgan fingerprint density at radius 1 is 0.692 bits per heavy atom. The summed E-state index contributed by atoms with van der Waals surface area (Å²) in [5.41, 5.74) is 0.941. The van der Waals surface area contributed by atoms with E-state index in [9.17, 15) is 0 Å². The van der Waals surface area contributed by atoms with Crippen molar-refractivity contribution in [3.8, 4) is 34.3 Å². The van der Waals surface area contributed by atoms with Crippen LogP contribution in [0.5, 0.6) is 23.0 Å². The molecule has 3 aromatic rings. The Bertz CT molecular complexity index is 771. The van der Waals surface area contributed by atoms with Gasteiger partial charge in [-0.15, -0.1) is 0 Å². The third-order valence-electron chi connectivity index (χ3n) is 3.47. The predicted octanol–water partition coefficient (Wildman–Crippen LogP) is 5.43. The van der Waals surface area contributed by atoms with Crippen LogP contribution < -0.4 is 18.9 Å². The fraction of sp³-hybridized carbons (Fsp3) is 0.200. The molecule has 0 unspecified atom stereocenters. The van der Waals surface area contributed by atoms with Crippen LogP contribution >= 0.6 is 15.9 Å². The highest BCUT2D eigenvalue weighted by Crippen LogP contribution is 2.29. The summed E-state index contributed by atoms with van der Waals surface area (Å²) in [5, 5.41) is 0. The van der Waals surface area contributed by atoms with Crippen molar-refractivity contribution in [1.29, 1.82) is 0 Å². The van der Waals surface area contributed by atoms with Crippen LogP contribution in [-0.2, 0) is 0 Å². The van der Waals surface area contributed by atoms with Gasteiger partial charge in [0, 0.05) is 22.2 Å². The van der Waals surface area contributed by atoms with Gasteiger partial charge in [0.15, 0.2) is 0 Å². The molecule has 3 rings (SSSR count). The maximum atomic E-state index is 5.31. The quantitative estimate of drug-likeness (QED) is 0.550. The highest BCUT2D eigenvalue weighted by molar-refractivity contribution is 9.10. The molecule has 2 aromatic carbocycles. The topological polar surface area (TPSA) is 50.1 Å². The molecule has 0 N–H and O–H groups in total. The summed E-state index contributed by atoms with van der Waals surface area (Å²) in [7, 11) is 6.50. The Labute approximate surface area is 161 Å². The predicted molar refractivity (Wildman–Crippen MR) is 104 cm³/mol. The van der Waals surface area contributed by atoms with E-state index < -0.39 is 0 Å². The normalized spacial score (nSPS) is 9.73. The van der Waals surface area contributed by atoms with Crippen LogP contribution in [0.3, 0.4) is 0 Å². The Balaban J connectivity index is 0.000000197. The van der Waals surface area contributed by atoms with Gasteiger partial charge in [-0.2, -0.15) is 0 Å². The summed E-state index contributed by atoms with van der Waals surface area (Å²) in [6.07, 6.45) is 1.64. The molecule has 1 heterocycles. The first-order valence-electron chi connectivity index (χ1n) is 7.75. The first-order chi connectivity index (χ1) is 12.6. The van der Waals surface area contributed by atoms with Crippen LogP contribution in [0.2, 0.25) is 0 Å². The number of furan rings is 1. The molecule has 1 aromatic heterocycles. The maximum Gasteiger partial charge on any atom is 0.134 e. The van der Waals surface area contributed by atoms with Gasteiger partial charge in [0.2, 0.25) is 0 Å². The van der Waals surface area contributed by atoms with Gasteiger partial charge in [-0.05, 0) is 36.4 Å². The van der Waals surface area contributed by atoms with E-state index in [-0.39, 0.29) is 0 Å². The minimum Gasteiger partial charge on any atom is -0.497 e. The van der Waals surface area contributed by atoms with Crippen molar-refractivity contribution in [2.45, 2.75) is 0 Å². The zero-order valence-electron chi connectivity index (χ0n) is 15.1. The number of rotatable bonds is 5. The lowest BCUT2D eigenvalue weighted by Gasteiger charge is -2.06. The van der Waals surface area contributed by atoms with Crippen molar-refractivity contribution in [2.75, 3.05) is 28.4 Å². The Morgan fingerprint density at radius 2 is 1.15 bits per heavy atom. The molecule has 0 aliphatic heterocycles. The molecule has 6 heteroatoms. The van der Waals surface area contributed by atoms with E-state index in [4.69, 9.17) is 23.4 Å². The van der Waals surface area contributed by atoms with Crippen molar-refractivity contribution in [1.82, 2.24) is 0 Å². The van der Waals surface area contributed by atoms with Crippen LogP contribution in [-0.4, -0.2) is 28.4 Å². The molecule has 26 heavy (non-hydrogen) atoms. The highest BCUT2D eigenvalue weighted by atomic mass is 79.9. The largest absolute Gasteiger partial charge is 0.497 e. The highest BCUT2D eigenvalue weighted by Gasteiger charge is 2.05. The van der Waals surface area contributed by atoms with Gasteiger partial charge >= 0.3 is 0 Å². The van der Waals surface area contributed by atoms with Gasteiger partial charge in [-0.3, -0.25) is 0 Å². The second-order valence-electron chi connectivity index (χ2n) is 5.11. The Hall–Kier alpha value is -2.60. The summed E-state index contributed by atoms with van der Waals surface area (Å²) in [6.45, 7) is 0. The molecule has 5 nitrogen and oxygen atoms in total. The molecular formula is C20H21BrO5. The number of hydrogen-bond donors (Lipinski definition) is 0. The van der Waals surface area contributed by atoms with Crippen LogP contribution in [0.1, 0.15) is 0 Å². The molecule has 0 spiro atoms. The van der Waals surface area contributed by atoms with Gasteiger partial charge in [0.1, 0.15) is 28.8 Å². The second kappa shape index (κ2) is 9.77. The van der Waals surface area contributed by atoms with Gasteiger partial charge in [0.05, 0.1) is 34.7 Å². The lowest BCUT2D eigenvalue weighted by atomic mass is 10.1. The number of halogens is 1. The zero-order chi connectivity index (χ0) is 18.9. The van der Waals surface area contributed by atoms with E-state index in [0.29, 0.717) is 0 Å². The van der Waals surface area contributed by atoms with Crippen molar-refractivity contribution < 1.29 is 23.4 Å². The molecule has 0 fully saturated rings. The molecule has 138 valence electrons. The molecule has 0 aliphatic rings. The SMILES string of the molecule is COc1cc(Br)cc(OC)c1.COc1cc(OC)cc(-c2ccco2)c1. The molecule has 0 bridgehead atoms. The molecule has 0 saturated heterocycles. The lowest BCUT2D eigenvalue weighted by Crippen LogP contribution is -1.88. The maximum absolute atomic E-state index is 5.31. The number of benzene rings is 2. The standard InChI is InChI=1S/C12H12O3.C8H9BrO2/c1-13-10-6-9(7-11(8-10)14-2)12-4-3-5-15-12;1-10-7-3-6(9)4-8(5-7)11-2/h3-8H,1-2H3;3-5H,1-2H3. The molecule has 0 saturated carbocycles. The van der Waals surface area contributed by atoms with E-state index in [1.165, 1.54) is 0 Å². The van der Waals surface area contributed by atoms with Gasteiger partial charge in [-0.25, -0.2) is 0 Å². The van der Waals surface area contributed by atoms with Crippen molar-refractivity contribution >= 4 is 15.9 Å². The lowest BCUT2D eigenvalue weighted by molar-refractivity contribution is 0.394. The van der Waals surface area contributed by atoms with Crippen molar-refractivity contribution in [3.63, 3.8) is 0 Å². The van der Waals surface area contributed by atoms with Crippen LogP contribution in [0, 0.1) is 0 Å². The summed E-state index contributed by atoms with van der Waals surface area (Å²) in [5.74, 6) is 3.88. The second-order valence-corrected chi connectivity index (χ2v) is 6.03. The molecule has 0 amide bonds. The van der Waals surface area contributed by atoms with E-state index in [1.807, 2.05) is 48.5 Å². The summed E-state index contributed by atoms with van der Waals surface area (Å²) in [4.78, 5) is 0. The summed E-state index contributed by atoms with van der Waals surface area (Å²) < 4.78 is 26.7. The number of methoxy groups -OCH3 is 4. The zero-order valence-corrected chi connectivity index (χ0v) is 16.7. The number of hydrogen-bond acceptors (Lipinski definition) is 5. The number of ether oxygens (including phenoxy) is 4. The average molecular weight is 421 g/mol. The third-order valence-corrected chi connectivity index (χ3v) is 3.93. The summed E-state index contributed by atoms with van der Waals surface area (Å²) >= 11 is 3.33. The molecule has 0 aliphatic carbocycles. The van der Waals surface area contributed by atoms with E-state index in [1.54, 1.807) is 34.7 Å². The molecule has 0 radical (unpaired) electrons. The van der Waals surface area contributed by atoms with Crippen molar-refractivity contribution in [3.05, 3.63) is 59.3 Å². The van der Waals surface area contributed by atoms with Crippen LogP contribution in [0.15, 0.2) is 63.7 Å². The monoisotopic (exact) mass is 420 g/mol. The first kappa shape index (κ1) is 19.7. The fourth-order valence-electron chi connectivity index (χ4n) is 2.17. The summed E-state index contributed by atoms with van der Waals surface area (Å²) in [6, 6.07) is 15.0. The van der Waals surface area contributed by atoms with Crippen LogP contribution in [0.25, 0.3) is 11.3 Å².